The van der Waals surface area contributed by atoms with Gasteiger partial charge >= 0.3 is 0 Å². The van der Waals surface area contributed by atoms with Crippen LogP contribution in [-0.2, 0) is 0 Å². The van der Waals surface area contributed by atoms with Gasteiger partial charge in [0.05, 0.1) is 22.0 Å². The standard InChI is InChI=1S/C20H15BrN2S/c1-14-4-6-15(7-5-14)18-13-19(20-3-2-12-24-20)23(22-18)17-10-8-16(21)9-11-17/h2-13H,1H3. The molecule has 2 heterocycles. The highest BCUT2D eigenvalue weighted by Gasteiger charge is 2.13. The Kier molecular flexibility index (Phi) is 4.08. The highest BCUT2D eigenvalue weighted by molar-refractivity contribution is 9.10. The predicted octanol–water partition coefficient (Wildman–Crippen LogP) is 6.34. The van der Waals surface area contributed by atoms with Crippen LogP contribution in [0.5, 0.6) is 0 Å². The number of hydrogen-bond acceptors (Lipinski definition) is 2. The number of aryl methyl sites for hydroxylation is 1. The minimum absolute atomic E-state index is 0.987. The first-order valence-electron chi connectivity index (χ1n) is 7.68. The summed E-state index contributed by atoms with van der Waals surface area (Å²) in [6, 6.07) is 23.1. The summed E-state index contributed by atoms with van der Waals surface area (Å²) in [6.45, 7) is 2.10. The van der Waals surface area contributed by atoms with Crippen LogP contribution in [0.25, 0.3) is 27.5 Å². The molecule has 0 aliphatic heterocycles. The number of halogens is 1. The molecular formula is C20H15BrN2S. The zero-order chi connectivity index (χ0) is 16.5. The second-order valence-corrected chi connectivity index (χ2v) is 7.51. The first kappa shape index (κ1) is 15.4. The third kappa shape index (κ3) is 2.95. The highest BCUT2D eigenvalue weighted by Crippen LogP contribution is 2.31. The number of thiophene rings is 1. The molecule has 0 saturated heterocycles. The van der Waals surface area contributed by atoms with E-state index in [1.165, 1.54) is 10.4 Å². The summed E-state index contributed by atoms with van der Waals surface area (Å²) in [6.07, 6.45) is 0. The van der Waals surface area contributed by atoms with Crippen molar-refractivity contribution in [2.24, 2.45) is 0 Å². The van der Waals surface area contributed by atoms with Gasteiger partial charge < -0.3 is 0 Å². The first-order valence-corrected chi connectivity index (χ1v) is 9.35. The van der Waals surface area contributed by atoms with Crippen molar-refractivity contribution >= 4 is 27.3 Å². The molecule has 0 atom stereocenters. The third-order valence-electron chi connectivity index (χ3n) is 3.90. The van der Waals surface area contributed by atoms with Crippen LogP contribution in [0.2, 0.25) is 0 Å². The van der Waals surface area contributed by atoms with Crippen LogP contribution in [0.3, 0.4) is 0 Å². The predicted molar refractivity (Wildman–Crippen MR) is 105 cm³/mol. The van der Waals surface area contributed by atoms with E-state index < -0.39 is 0 Å². The minimum atomic E-state index is 0.987. The molecule has 0 aliphatic rings. The second-order valence-electron chi connectivity index (χ2n) is 5.65. The van der Waals surface area contributed by atoms with Gasteiger partial charge in [-0.25, -0.2) is 4.68 Å². The van der Waals surface area contributed by atoms with Crippen LogP contribution in [-0.4, -0.2) is 9.78 Å². The summed E-state index contributed by atoms with van der Waals surface area (Å²) in [5.74, 6) is 0. The van der Waals surface area contributed by atoms with E-state index in [9.17, 15) is 0 Å². The number of nitrogens with zero attached hydrogens (tertiary/aromatic N) is 2. The molecule has 0 N–H and O–H groups in total. The van der Waals surface area contributed by atoms with Crippen molar-refractivity contribution < 1.29 is 0 Å². The Morgan fingerprint density at radius 2 is 1.71 bits per heavy atom. The van der Waals surface area contributed by atoms with Gasteiger partial charge in [0.15, 0.2) is 0 Å². The van der Waals surface area contributed by atoms with Crippen molar-refractivity contribution in [3.8, 4) is 27.5 Å². The summed E-state index contributed by atoms with van der Waals surface area (Å²) >= 11 is 5.23. The van der Waals surface area contributed by atoms with E-state index in [0.29, 0.717) is 0 Å². The highest BCUT2D eigenvalue weighted by atomic mass is 79.9. The molecule has 2 aromatic heterocycles. The number of rotatable bonds is 3. The second kappa shape index (κ2) is 6.38. The average Bonchev–Trinajstić information content (AvgIpc) is 3.25. The molecule has 0 aliphatic carbocycles. The quantitative estimate of drug-likeness (QED) is 0.396. The lowest BCUT2D eigenvalue weighted by molar-refractivity contribution is 0.893. The molecule has 0 radical (unpaired) electrons. The van der Waals surface area contributed by atoms with Gasteiger partial charge in [-0.05, 0) is 48.7 Å². The van der Waals surface area contributed by atoms with Crippen LogP contribution in [0, 0.1) is 6.92 Å². The molecular weight excluding hydrogens is 380 g/mol. The Morgan fingerprint density at radius 3 is 2.38 bits per heavy atom. The lowest BCUT2D eigenvalue weighted by atomic mass is 10.1. The monoisotopic (exact) mass is 394 g/mol. The molecule has 0 unspecified atom stereocenters. The van der Waals surface area contributed by atoms with Crippen LogP contribution < -0.4 is 0 Å². The molecule has 2 nitrogen and oxygen atoms in total. The van der Waals surface area contributed by atoms with E-state index in [4.69, 9.17) is 5.10 Å². The van der Waals surface area contributed by atoms with Crippen LogP contribution >= 0.6 is 27.3 Å². The largest absolute Gasteiger partial charge is 0.232 e. The topological polar surface area (TPSA) is 17.8 Å². The Hall–Kier alpha value is -2.17. The summed E-state index contributed by atoms with van der Waals surface area (Å²) in [4.78, 5) is 1.21. The van der Waals surface area contributed by atoms with Gasteiger partial charge in [-0.1, -0.05) is 51.8 Å². The molecule has 4 heteroatoms. The summed E-state index contributed by atoms with van der Waals surface area (Å²) in [5.41, 5.74) is 5.54. The van der Waals surface area contributed by atoms with Crippen LogP contribution in [0.15, 0.2) is 76.6 Å². The minimum Gasteiger partial charge on any atom is -0.232 e. The maximum absolute atomic E-state index is 4.87. The molecule has 2 aromatic carbocycles. The van der Waals surface area contributed by atoms with Crippen molar-refractivity contribution in [1.29, 1.82) is 0 Å². The maximum atomic E-state index is 4.87. The Balaban J connectivity index is 1.87. The van der Waals surface area contributed by atoms with Crippen LogP contribution in [0.4, 0.5) is 0 Å². The average molecular weight is 395 g/mol. The molecule has 24 heavy (non-hydrogen) atoms. The van der Waals surface area contributed by atoms with Gasteiger partial charge in [0.1, 0.15) is 0 Å². The Morgan fingerprint density at radius 1 is 0.958 bits per heavy atom. The fraction of sp³-hybridized carbons (Fsp3) is 0.0500. The molecule has 4 aromatic rings. The molecule has 0 amide bonds. The van der Waals surface area contributed by atoms with E-state index in [0.717, 1.165) is 27.1 Å². The van der Waals surface area contributed by atoms with Crippen molar-refractivity contribution in [3.05, 3.63) is 82.1 Å². The fourth-order valence-electron chi connectivity index (χ4n) is 2.63. The third-order valence-corrected chi connectivity index (χ3v) is 5.32. The van der Waals surface area contributed by atoms with E-state index in [2.05, 4.69) is 82.8 Å². The van der Waals surface area contributed by atoms with Gasteiger partial charge in [-0.2, -0.15) is 5.10 Å². The van der Waals surface area contributed by atoms with Crippen molar-refractivity contribution in [2.75, 3.05) is 0 Å². The van der Waals surface area contributed by atoms with E-state index in [1.54, 1.807) is 11.3 Å². The summed E-state index contributed by atoms with van der Waals surface area (Å²) in [7, 11) is 0. The van der Waals surface area contributed by atoms with E-state index in [1.807, 2.05) is 16.8 Å². The normalized spacial score (nSPS) is 10.9. The van der Waals surface area contributed by atoms with Gasteiger partial charge in [-0.3, -0.25) is 0 Å². The van der Waals surface area contributed by atoms with E-state index >= 15 is 0 Å². The molecule has 0 saturated carbocycles. The van der Waals surface area contributed by atoms with Crippen molar-refractivity contribution in [1.82, 2.24) is 9.78 Å². The molecule has 118 valence electrons. The Bertz CT molecular complexity index is 952. The summed E-state index contributed by atoms with van der Waals surface area (Å²) < 4.78 is 3.09. The van der Waals surface area contributed by atoms with E-state index in [-0.39, 0.29) is 0 Å². The first-order chi connectivity index (χ1) is 11.7. The number of benzene rings is 2. The lowest BCUT2D eigenvalue weighted by Gasteiger charge is -2.06. The smallest absolute Gasteiger partial charge is 0.0934 e. The van der Waals surface area contributed by atoms with Gasteiger partial charge in [-0.15, -0.1) is 11.3 Å². The fourth-order valence-corrected chi connectivity index (χ4v) is 3.62. The van der Waals surface area contributed by atoms with Crippen LogP contribution in [0.1, 0.15) is 5.56 Å². The zero-order valence-corrected chi connectivity index (χ0v) is 15.5. The van der Waals surface area contributed by atoms with Gasteiger partial charge in [0.2, 0.25) is 0 Å². The summed E-state index contributed by atoms with van der Waals surface area (Å²) in [5, 5.41) is 6.97. The molecule has 0 spiro atoms. The number of aromatic nitrogens is 2. The van der Waals surface area contributed by atoms with Gasteiger partial charge in [0, 0.05) is 10.0 Å². The van der Waals surface area contributed by atoms with Crippen molar-refractivity contribution in [3.63, 3.8) is 0 Å². The zero-order valence-electron chi connectivity index (χ0n) is 13.1. The maximum Gasteiger partial charge on any atom is 0.0934 e. The molecule has 0 fully saturated rings. The van der Waals surface area contributed by atoms with Crippen molar-refractivity contribution in [2.45, 2.75) is 6.92 Å². The molecule has 4 rings (SSSR count). The lowest BCUT2D eigenvalue weighted by Crippen LogP contribution is -1.98. The SMILES string of the molecule is Cc1ccc(-c2cc(-c3cccs3)n(-c3ccc(Br)cc3)n2)cc1. The number of hydrogen-bond donors (Lipinski definition) is 0. The Labute approximate surface area is 153 Å². The molecule has 0 bridgehead atoms. The van der Waals surface area contributed by atoms with Gasteiger partial charge in [0.25, 0.3) is 0 Å².